The fourth-order valence-electron chi connectivity index (χ4n) is 3.26. The largest absolute Gasteiger partial charge is 0.389 e. The molecule has 0 unspecified atom stereocenters. The van der Waals surface area contributed by atoms with Gasteiger partial charge in [0.25, 0.3) is 11.8 Å². The third kappa shape index (κ3) is 5.02. The van der Waals surface area contributed by atoms with Crippen LogP contribution in [-0.2, 0) is 21.5 Å². The van der Waals surface area contributed by atoms with Crippen LogP contribution in [0, 0.1) is 11.3 Å². The summed E-state index contributed by atoms with van der Waals surface area (Å²) in [6, 6.07) is 3.70. The number of imide groups is 1. The Hall–Kier alpha value is -2.82. The highest BCUT2D eigenvalue weighted by Gasteiger charge is 2.34. The predicted octanol–water partition coefficient (Wildman–Crippen LogP) is 4.74. The molecular weight excluding hydrogens is 395 g/mol. The van der Waals surface area contributed by atoms with Gasteiger partial charge in [-0.1, -0.05) is 20.8 Å². The van der Waals surface area contributed by atoms with Gasteiger partial charge >= 0.3 is 6.18 Å². The number of carbonyl (C=O) groups excluding carboxylic acids is 2. The van der Waals surface area contributed by atoms with E-state index in [9.17, 15) is 28.0 Å². The Kier molecular flexibility index (Phi) is 6.65. The Bertz CT molecular complexity index is 954. The predicted molar refractivity (Wildman–Crippen MR) is 107 cm³/mol. The summed E-state index contributed by atoms with van der Waals surface area (Å²) in [5.74, 6) is -1.14. The first-order valence-electron chi connectivity index (χ1n) is 9.76. The Morgan fingerprint density at radius 2 is 1.80 bits per heavy atom. The second-order valence-electron chi connectivity index (χ2n) is 8.34. The van der Waals surface area contributed by atoms with Crippen molar-refractivity contribution in [3.63, 3.8) is 0 Å². The lowest BCUT2D eigenvalue weighted by Crippen LogP contribution is -2.42. The fourth-order valence-corrected chi connectivity index (χ4v) is 3.26. The molecule has 162 valence electrons. The molecule has 0 N–H and O–H groups in total. The molecule has 5 nitrogen and oxygen atoms in total. The second kappa shape index (κ2) is 8.50. The molecule has 1 aromatic rings. The maximum absolute atomic E-state index is 12.8. The van der Waals surface area contributed by atoms with Gasteiger partial charge < -0.3 is 4.57 Å². The van der Waals surface area contributed by atoms with Gasteiger partial charge in [0, 0.05) is 37.0 Å². The third-order valence-electron chi connectivity index (χ3n) is 5.09. The minimum absolute atomic E-state index is 0.0935. The Morgan fingerprint density at radius 3 is 2.30 bits per heavy atom. The first kappa shape index (κ1) is 23.5. The van der Waals surface area contributed by atoms with Gasteiger partial charge in [0.05, 0.1) is 0 Å². The number of nitriles is 1. The van der Waals surface area contributed by atoms with Crippen LogP contribution in [0.2, 0.25) is 0 Å². The van der Waals surface area contributed by atoms with Gasteiger partial charge in [-0.2, -0.15) is 18.4 Å². The van der Waals surface area contributed by atoms with E-state index in [1.807, 2.05) is 32.9 Å². The number of rotatable bonds is 5. The van der Waals surface area contributed by atoms with Crippen molar-refractivity contribution in [1.82, 2.24) is 9.47 Å². The summed E-state index contributed by atoms with van der Waals surface area (Å²) >= 11 is 0. The van der Waals surface area contributed by atoms with Crippen molar-refractivity contribution < 1.29 is 22.8 Å². The molecular formula is C22H26F3N3O2. The number of alkyl halides is 3. The normalized spacial score (nSPS) is 17.2. The zero-order chi connectivity index (χ0) is 22.9. The van der Waals surface area contributed by atoms with Crippen molar-refractivity contribution >= 4 is 17.9 Å². The van der Waals surface area contributed by atoms with Crippen LogP contribution in [0.25, 0.3) is 6.08 Å². The minimum atomic E-state index is -4.24. The second-order valence-corrected chi connectivity index (χ2v) is 8.34. The molecule has 2 heterocycles. The van der Waals surface area contributed by atoms with Crippen LogP contribution in [-0.4, -0.2) is 34.0 Å². The maximum atomic E-state index is 12.8. The average molecular weight is 421 g/mol. The standard InChI is InChI=1S/C22H26F3N3O2/c1-6-28-19(29)17(14(2)18(12-26)20(28)30)11-16-10-15(21(3,4)5)13-27(16)9-7-8-22(23,24)25/h10-11,13H,6-9H2,1-5H3. The molecule has 0 saturated heterocycles. The summed E-state index contributed by atoms with van der Waals surface area (Å²) in [7, 11) is 0. The van der Waals surface area contributed by atoms with E-state index in [1.54, 1.807) is 23.8 Å². The molecule has 0 saturated carbocycles. The molecule has 2 rings (SSSR count). The SMILES string of the molecule is CCN1C(=O)C(=Cc2cc(C(C)(C)C)cn2CCCC(F)(F)F)C(C)=C(C#N)C1=O. The number of carbonyl (C=O) groups is 2. The summed E-state index contributed by atoms with van der Waals surface area (Å²) in [6.07, 6.45) is -1.87. The number of aryl methyl sites for hydroxylation is 1. The number of hydrogen-bond donors (Lipinski definition) is 0. The van der Waals surface area contributed by atoms with Gasteiger partial charge in [0.15, 0.2) is 0 Å². The quantitative estimate of drug-likeness (QED) is 0.509. The van der Waals surface area contributed by atoms with E-state index in [4.69, 9.17) is 0 Å². The Labute approximate surface area is 174 Å². The first-order valence-corrected chi connectivity index (χ1v) is 9.76. The van der Waals surface area contributed by atoms with Gasteiger partial charge in [-0.15, -0.1) is 0 Å². The van der Waals surface area contributed by atoms with Crippen LogP contribution in [0.5, 0.6) is 0 Å². The number of aromatic nitrogens is 1. The maximum Gasteiger partial charge on any atom is 0.389 e. The zero-order valence-electron chi connectivity index (χ0n) is 17.9. The molecule has 0 radical (unpaired) electrons. The van der Waals surface area contributed by atoms with Crippen LogP contribution in [0.3, 0.4) is 0 Å². The van der Waals surface area contributed by atoms with Crippen LogP contribution < -0.4 is 0 Å². The number of hydrogen-bond acceptors (Lipinski definition) is 3. The van der Waals surface area contributed by atoms with Gasteiger partial charge in [0.2, 0.25) is 0 Å². The highest BCUT2D eigenvalue weighted by molar-refractivity contribution is 6.19. The lowest BCUT2D eigenvalue weighted by atomic mass is 9.89. The molecule has 1 aliphatic heterocycles. The average Bonchev–Trinajstić information content (AvgIpc) is 3.01. The third-order valence-corrected chi connectivity index (χ3v) is 5.09. The molecule has 0 aromatic carbocycles. The van der Waals surface area contributed by atoms with Crippen LogP contribution >= 0.6 is 0 Å². The van der Waals surface area contributed by atoms with Crippen molar-refractivity contribution in [2.75, 3.05) is 6.54 Å². The summed E-state index contributed by atoms with van der Waals surface area (Å²) in [5.41, 5.74) is 1.60. The van der Waals surface area contributed by atoms with Crippen LogP contribution in [0.15, 0.2) is 29.0 Å². The first-order chi connectivity index (χ1) is 13.8. The molecule has 0 fully saturated rings. The lowest BCUT2D eigenvalue weighted by molar-refractivity contribution is -0.140. The number of likely N-dealkylation sites (N-methyl/N-ethyl adjacent to an activating group) is 1. The van der Waals surface area contributed by atoms with E-state index in [-0.39, 0.29) is 41.6 Å². The van der Waals surface area contributed by atoms with Crippen LogP contribution in [0.1, 0.15) is 58.7 Å². The van der Waals surface area contributed by atoms with Gasteiger partial charge in [0.1, 0.15) is 11.6 Å². The highest BCUT2D eigenvalue weighted by Crippen LogP contribution is 2.30. The van der Waals surface area contributed by atoms with Crippen molar-refractivity contribution in [1.29, 1.82) is 5.26 Å². The molecule has 8 heteroatoms. The van der Waals surface area contributed by atoms with E-state index in [0.29, 0.717) is 5.69 Å². The van der Waals surface area contributed by atoms with Crippen molar-refractivity contribution in [3.8, 4) is 6.07 Å². The molecule has 2 amide bonds. The summed E-state index contributed by atoms with van der Waals surface area (Å²) in [5, 5.41) is 9.37. The summed E-state index contributed by atoms with van der Waals surface area (Å²) in [4.78, 5) is 26.2. The van der Waals surface area contributed by atoms with Gasteiger partial charge in [-0.25, -0.2) is 0 Å². The Balaban J connectivity index is 2.55. The molecule has 0 aliphatic carbocycles. The van der Waals surface area contributed by atoms with Crippen molar-refractivity contribution in [2.45, 2.75) is 65.6 Å². The lowest BCUT2D eigenvalue weighted by Gasteiger charge is -2.26. The topological polar surface area (TPSA) is 66.1 Å². The smallest absolute Gasteiger partial charge is 0.348 e. The minimum Gasteiger partial charge on any atom is -0.348 e. The fraction of sp³-hybridized carbons (Fsp3) is 0.500. The zero-order valence-corrected chi connectivity index (χ0v) is 17.9. The van der Waals surface area contributed by atoms with E-state index >= 15 is 0 Å². The molecule has 1 aliphatic rings. The van der Waals surface area contributed by atoms with Crippen molar-refractivity contribution in [3.05, 3.63) is 40.2 Å². The number of amides is 2. The monoisotopic (exact) mass is 421 g/mol. The molecule has 1 aromatic heterocycles. The van der Waals surface area contributed by atoms with Crippen molar-refractivity contribution in [2.24, 2.45) is 0 Å². The summed E-state index contributed by atoms with van der Waals surface area (Å²) in [6.45, 7) is 9.39. The van der Waals surface area contributed by atoms with E-state index in [2.05, 4.69) is 0 Å². The van der Waals surface area contributed by atoms with E-state index < -0.39 is 24.4 Å². The molecule has 0 atom stereocenters. The van der Waals surface area contributed by atoms with Crippen LogP contribution in [0.4, 0.5) is 13.2 Å². The summed E-state index contributed by atoms with van der Waals surface area (Å²) < 4.78 is 39.5. The molecule has 30 heavy (non-hydrogen) atoms. The van der Waals surface area contributed by atoms with Gasteiger partial charge in [-0.05, 0) is 49.0 Å². The number of halogens is 3. The molecule has 0 spiro atoms. The van der Waals surface area contributed by atoms with E-state index in [1.165, 1.54) is 6.92 Å². The highest BCUT2D eigenvalue weighted by atomic mass is 19.4. The molecule has 0 bridgehead atoms. The number of nitrogens with zero attached hydrogens (tertiary/aromatic N) is 3. The van der Waals surface area contributed by atoms with E-state index in [0.717, 1.165) is 10.5 Å². The Morgan fingerprint density at radius 1 is 1.17 bits per heavy atom. The van der Waals surface area contributed by atoms with Gasteiger partial charge in [-0.3, -0.25) is 14.5 Å².